The molecule has 0 spiro atoms. The van der Waals surface area contributed by atoms with Gasteiger partial charge in [0, 0.05) is 18.2 Å². The van der Waals surface area contributed by atoms with Crippen molar-refractivity contribution in [3.8, 4) is 0 Å². The minimum absolute atomic E-state index is 0.157. The summed E-state index contributed by atoms with van der Waals surface area (Å²) < 4.78 is 0. The third-order valence-electron chi connectivity index (χ3n) is 6.81. The first-order valence-corrected chi connectivity index (χ1v) is 9.43. The molecule has 1 saturated heterocycles. The van der Waals surface area contributed by atoms with Crippen molar-refractivity contribution in [2.24, 2.45) is 11.7 Å². The van der Waals surface area contributed by atoms with Crippen LogP contribution in [0.2, 0.25) is 0 Å². The summed E-state index contributed by atoms with van der Waals surface area (Å²) in [5.74, 6) is 0.135. The van der Waals surface area contributed by atoms with Crippen LogP contribution in [-0.4, -0.2) is 34.7 Å². The van der Waals surface area contributed by atoms with Crippen LogP contribution in [0, 0.1) is 5.92 Å². The molecule has 3 aliphatic rings. The van der Waals surface area contributed by atoms with E-state index in [2.05, 4.69) is 11.0 Å². The highest BCUT2D eigenvalue weighted by Gasteiger charge is 2.46. The average molecular weight is 328 g/mol. The Balaban J connectivity index is 1.57. The largest absolute Gasteiger partial charge is 0.378 e. The third kappa shape index (κ3) is 2.66. The summed E-state index contributed by atoms with van der Waals surface area (Å²) in [7, 11) is 0. The number of carbonyl (C=O) groups excluding carboxylic acids is 1. The number of fused-ring (bicyclic) bond motifs is 2. The smallest absolute Gasteiger partial charge is 0.248 e. The molecule has 4 nitrogen and oxygen atoms in total. The molecule has 3 unspecified atom stereocenters. The lowest BCUT2D eigenvalue weighted by Gasteiger charge is -2.53. The van der Waals surface area contributed by atoms with Crippen LogP contribution in [0.5, 0.6) is 0 Å². The molecule has 3 N–H and O–H groups in total. The van der Waals surface area contributed by atoms with Crippen molar-refractivity contribution in [1.82, 2.24) is 4.90 Å². The van der Waals surface area contributed by atoms with Gasteiger partial charge in [0.1, 0.15) is 6.23 Å². The average Bonchev–Trinajstić information content (AvgIpc) is 2.53. The number of piperidine rings is 1. The lowest BCUT2D eigenvalue weighted by molar-refractivity contribution is -0.115. The van der Waals surface area contributed by atoms with Gasteiger partial charge in [-0.2, -0.15) is 0 Å². The maximum Gasteiger partial charge on any atom is 0.248 e. The molecule has 4 heteroatoms. The molecule has 2 bridgehead atoms. The van der Waals surface area contributed by atoms with Gasteiger partial charge in [0.05, 0.1) is 0 Å². The van der Waals surface area contributed by atoms with Crippen molar-refractivity contribution in [3.05, 3.63) is 35.4 Å². The van der Waals surface area contributed by atoms with E-state index in [1.54, 1.807) is 6.07 Å². The number of aliphatic hydroxyl groups is 1. The minimum Gasteiger partial charge on any atom is -0.378 e. The van der Waals surface area contributed by atoms with Crippen molar-refractivity contribution in [3.63, 3.8) is 0 Å². The first kappa shape index (κ1) is 16.1. The zero-order valence-corrected chi connectivity index (χ0v) is 14.3. The van der Waals surface area contributed by atoms with Gasteiger partial charge in [-0.15, -0.1) is 0 Å². The van der Waals surface area contributed by atoms with E-state index in [-0.39, 0.29) is 17.6 Å². The molecule has 3 fully saturated rings. The second kappa shape index (κ2) is 6.16. The third-order valence-corrected chi connectivity index (χ3v) is 6.81. The predicted octanol–water partition coefficient (Wildman–Crippen LogP) is 2.79. The number of primary amides is 1. The number of aliphatic hydroxyl groups excluding tert-OH is 1. The normalized spacial score (nSPS) is 32.1. The van der Waals surface area contributed by atoms with Crippen molar-refractivity contribution in [2.45, 2.75) is 69.1 Å². The maximum absolute atomic E-state index is 11.5. The Bertz CT molecular complexity index is 628. The summed E-state index contributed by atoms with van der Waals surface area (Å²) in [6, 6.07) is 8.40. The molecule has 2 aliphatic carbocycles. The molecular formula is C20H28N2O2. The number of nitrogens with two attached hydrogens (primary N) is 1. The lowest BCUT2D eigenvalue weighted by Crippen LogP contribution is -2.57. The van der Waals surface area contributed by atoms with Gasteiger partial charge < -0.3 is 10.8 Å². The van der Waals surface area contributed by atoms with Crippen LogP contribution in [0.1, 0.15) is 67.3 Å². The number of nitrogens with zero attached hydrogens (tertiary/aromatic N) is 1. The van der Waals surface area contributed by atoms with Gasteiger partial charge in [-0.05, 0) is 67.6 Å². The predicted molar refractivity (Wildman–Crippen MR) is 93.6 cm³/mol. The van der Waals surface area contributed by atoms with Gasteiger partial charge in [-0.3, -0.25) is 9.69 Å². The Morgan fingerprint density at radius 1 is 1.25 bits per heavy atom. The monoisotopic (exact) mass is 328 g/mol. The van der Waals surface area contributed by atoms with E-state index < -0.39 is 0 Å². The van der Waals surface area contributed by atoms with Crippen LogP contribution in [0.4, 0.5) is 0 Å². The first-order chi connectivity index (χ1) is 11.6. The van der Waals surface area contributed by atoms with Crippen LogP contribution in [0.25, 0.3) is 0 Å². The van der Waals surface area contributed by atoms with Crippen LogP contribution in [0.15, 0.2) is 24.3 Å². The summed E-state index contributed by atoms with van der Waals surface area (Å²) in [5.41, 5.74) is 7.51. The van der Waals surface area contributed by atoms with Crippen LogP contribution in [0.3, 0.4) is 0 Å². The maximum atomic E-state index is 11.5. The van der Waals surface area contributed by atoms with Crippen LogP contribution >= 0.6 is 0 Å². The SMILES string of the molecule is NC(=O)c1cccc(C23CCCC(C2)N(C(O)C2CCC2)CC3)c1. The summed E-state index contributed by atoms with van der Waals surface area (Å²) in [5, 5.41) is 10.7. The lowest BCUT2D eigenvalue weighted by atomic mass is 9.63. The zero-order chi connectivity index (χ0) is 16.7. The quantitative estimate of drug-likeness (QED) is 0.893. The molecular weight excluding hydrogens is 300 g/mol. The fourth-order valence-corrected chi connectivity index (χ4v) is 5.13. The van der Waals surface area contributed by atoms with E-state index in [0.29, 0.717) is 17.5 Å². The second-order valence-electron chi connectivity index (χ2n) is 8.07. The number of hydrogen-bond acceptors (Lipinski definition) is 3. The van der Waals surface area contributed by atoms with Crippen LogP contribution < -0.4 is 5.73 Å². The molecule has 4 rings (SSSR count). The number of benzene rings is 1. The molecule has 1 amide bonds. The van der Waals surface area contributed by atoms with Gasteiger partial charge in [0.25, 0.3) is 0 Å². The molecule has 1 aliphatic heterocycles. The van der Waals surface area contributed by atoms with Crippen molar-refractivity contribution >= 4 is 5.91 Å². The number of likely N-dealkylation sites (tertiary alicyclic amines) is 1. The Hall–Kier alpha value is -1.39. The van der Waals surface area contributed by atoms with E-state index in [1.165, 1.54) is 44.1 Å². The Morgan fingerprint density at radius 2 is 2.08 bits per heavy atom. The van der Waals surface area contributed by atoms with Gasteiger partial charge in [0.15, 0.2) is 0 Å². The molecule has 0 radical (unpaired) electrons. The highest BCUT2D eigenvalue weighted by atomic mass is 16.3. The van der Waals surface area contributed by atoms with Crippen LogP contribution in [-0.2, 0) is 5.41 Å². The molecule has 3 atom stereocenters. The molecule has 130 valence electrons. The fraction of sp³-hybridized carbons (Fsp3) is 0.650. The van der Waals surface area contributed by atoms with E-state index >= 15 is 0 Å². The van der Waals surface area contributed by atoms with Crippen molar-refractivity contribution < 1.29 is 9.90 Å². The molecule has 1 heterocycles. The second-order valence-corrected chi connectivity index (χ2v) is 8.07. The topological polar surface area (TPSA) is 66.6 Å². The number of amides is 1. The van der Waals surface area contributed by atoms with Gasteiger partial charge >= 0.3 is 0 Å². The molecule has 1 aromatic rings. The summed E-state index contributed by atoms with van der Waals surface area (Å²) in [6.45, 7) is 0.961. The van der Waals surface area contributed by atoms with E-state index in [0.717, 1.165) is 19.4 Å². The Morgan fingerprint density at radius 3 is 2.79 bits per heavy atom. The van der Waals surface area contributed by atoms with Gasteiger partial charge in [-0.1, -0.05) is 25.0 Å². The highest BCUT2D eigenvalue weighted by Crippen LogP contribution is 2.48. The zero-order valence-electron chi connectivity index (χ0n) is 14.3. The number of hydrogen-bond donors (Lipinski definition) is 2. The Labute approximate surface area is 144 Å². The minimum atomic E-state index is -0.349. The summed E-state index contributed by atoms with van der Waals surface area (Å²) in [6.07, 6.45) is 9.08. The summed E-state index contributed by atoms with van der Waals surface area (Å²) >= 11 is 0. The highest BCUT2D eigenvalue weighted by molar-refractivity contribution is 5.92. The molecule has 1 aromatic carbocycles. The first-order valence-electron chi connectivity index (χ1n) is 9.43. The van der Waals surface area contributed by atoms with Gasteiger partial charge in [-0.25, -0.2) is 0 Å². The number of carbonyl (C=O) groups is 1. The van der Waals surface area contributed by atoms with E-state index in [9.17, 15) is 9.90 Å². The Kier molecular flexibility index (Phi) is 4.13. The summed E-state index contributed by atoms with van der Waals surface area (Å²) in [4.78, 5) is 13.9. The van der Waals surface area contributed by atoms with Gasteiger partial charge in [0.2, 0.25) is 5.91 Å². The number of rotatable bonds is 4. The van der Waals surface area contributed by atoms with Crippen molar-refractivity contribution in [2.75, 3.05) is 6.54 Å². The van der Waals surface area contributed by atoms with Crippen molar-refractivity contribution in [1.29, 1.82) is 0 Å². The standard InChI is InChI=1S/C20H28N2O2/c21-18(23)15-6-2-7-16(12-15)20-9-3-8-17(13-20)22(11-10-20)19(24)14-4-1-5-14/h2,6-7,12,14,17,19,24H,1,3-5,8-11,13H2,(H2,21,23). The van der Waals surface area contributed by atoms with E-state index in [4.69, 9.17) is 5.73 Å². The fourth-order valence-electron chi connectivity index (χ4n) is 5.13. The molecule has 24 heavy (non-hydrogen) atoms. The van der Waals surface area contributed by atoms with E-state index in [1.807, 2.05) is 12.1 Å². The molecule has 2 saturated carbocycles. The molecule has 0 aromatic heterocycles.